The van der Waals surface area contributed by atoms with Gasteiger partial charge in [0.1, 0.15) is 12.2 Å². The molecule has 1 unspecified atom stereocenters. The minimum atomic E-state index is -0.814. The summed E-state index contributed by atoms with van der Waals surface area (Å²) in [6.45, 7) is 5.82. The highest BCUT2D eigenvalue weighted by Crippen LogP contribution is 2.21. The number of carbonyl (C=O) groups excluding carboxylic acids is 1. The third-order valence-corrected chi connectivity index (χ3v) is 3.08. The Labute approximate surface area is 115 Å². The molecule has 3 atom stereocenters. The second-order valence-corrected chi connectivity index (χ2v) is 4.72. The normalized spacial score (nSPS) is 27.1. The van der Waals surface area contributed by atoms with Gasteiger partial charge in [-0.3, -0.25) is 4.79 Å². The van der Waals surface area contributed by atoms with Crippen molar-refractivity contribution in [3.8, 4) is 0 Å². The second-order valence-electron chi connectivity index (χ2n) is 4.72. The molecular weight excluding hydrogens is 248 g/mol. The largest absolute Gasteiger partial charge is 0.379 e. The maximum Gasteiger partial charge on any atom is 0.220 e. The summed E-state index contributed by atoms with van der Waals surface area (Å²) in [5.74, 6) is -0.136. The number of hydrogen-bond donors (Lipinski definition) is 0. The molecule has 1 heterocycles. The molecule has 0 saturated carbocycles. The standard InChI is InChI=1S/C14H26O5/c1-4-6-8-17-10-11-13(18-9-7-5-2)12(15)14(16-3)19-11/h11,13-14H,4-10H2,1-3H3/t11-,13?,14-/m1/s1. The van der Waals surface area contributed by atoms with Crippen LogP contribution in [-0.4, -0.2) is 51.2 Å². The van der Waals surface area contributed by atoms with Gasteiger partial charge in [-0.25, -0.2) is 0 Å². The Morgan fingerprint density at radius 2 is 1.84 bits per heavy atom. The van der Waals surface area contributed by atoms with E-state index in [2.05, 4.69) is 13.8 Å². The third kappa shape index (κ3) is 5.18. The van der Waals surface area contributed by atoms with E-state index in [1.165, 1.54) is 7.11 Å². The molecule has 1 aliphatic heterocycles. The van der Waals surface area contributed by atoms with Crippen LogP contribution in [0.5, 0.6) is 0 Å². The third-order valence-electron chi connectivity index (χ3n) is 3.08. The van der Waals surface area contributed by atoms with E-state index in [0.29, 0.717) is 19.8 Å². The fourth-order valence-corrected chi connectivity index (χ4v) is 1.90. The maximum absolute atomic E-state index is 12.0. The Kier molecular flexibility index (Phi) is 8.21. The summed E-state index contributed by atoms with van der Waals surface area (Å²) < 4.78 is 21.7. The summed E-state index contributed by atoms with van der Waals surface area (Å²) in [5.41, 5.74) is 0. The highest BCUT2D eigenvalue weighted by atomic mass is 16.7. The summed E-state index contributed by atoms with van der Waals surface area (Å²) in [6, 6.07) is 0. The fraction of sp³-hybridized carbons (Fsp3) is 0.929. The lowest BCUT2D eigenvalue weighted by Gasteiger charge is -2.17. The molecule has 0 aromatic rings. The Morgan fingerprint density at radius 1 is 1.16 bits per heavy atom. The number of hydrogen-bond acceptors (Lipinski definition) is 5. The van der Waals surface area contributed by atoms with Gasteiger partial charge in [-0.15, -0.1) is 0 Å². The molecule has 0 amide bonds. The van der Waals surface area contributed by atoms with E-state index in [4.69, 9.17) is 18.9 Å². The van der Waals surface area contributed by atoms with Crippen molar-refractivity contribution in [2.24, 2.45) is 0 Å². The minimum absolute atomic E-state index is 0.136. The molecule has 0 radical (unpaired) electrons. The zero-order valence-electron chi connectivity index (χ0n) is 12.2. The van der Waals surface area contributed by atoms with Crippen molar-refractivity contribution in [1.82, 2.24) is 0 Å². The second kappa shape index (κ2) is 9.42. The molecule has 5 nitrogen and oxygen atoms in total. The Morgan fingerprint density at radius 3 is 2.47 bits per heavy atom. The van der Waals surface area contributed by atoms with Crippen LogP contribution in [0.4, 0.5) is 0 Å². The molecule has 1 saturated heterocycles. The van der Waals surface area contributed by atoms with Crippen LogP contribution in [0.2, 0.25) is 0 Å². The molecule has 0 bridgehead atoms. The molecule has 1 fully saturated rings. The number of rotatable bonds is 10. The van der Waals surface area contributed by atoms with Gasteiger partial charge in [0.05, 0.1) is 6.61 Å². The van der Waals surface area contributed by atoms with Crippen LogP contribution in [0.3, 0.4) is 0 Å². The lowest BCUT2D eigenvalue weighted by atomic mass is 10.1. The zero-order valence-corrected chi connectivity index (χ0v) is 12.2. The molecule has 0 aliphatic carbocycles. The minimum Gasteiger partial charge on any atom is -0.379 e. The summed E-state index contributed by atoms with van der Waals surface area (Å²) in [6.07, 6.45) is 2.34. The fourth-order valence-electron chi connectivity index (χ4n) is 1.90. The van der Waals surface area contributed by atoms with Gasteiger partial charge in [0.2, 0.25) is 12.1 Å². The van der Waals surface area contributed by atoms with E-state index in [1.807, 2.05) is 0 Å². The number of ether oxygens (including phenoxy) is 4. The van der Waals surface area contributed by atoms with Crippen LogP contribution in [-0.2, 0) is 23.7 Å². The summed E-state index contributed by atoms with van der Waals surface area (Å²) in [7, 11) is 1.46. The number of ketones is 1. The lowest BCUT2D eigenvalue weighted by Crippen LogP contribution is -2.34. The zero-order chi connectivity index (χ0) is 14.1. The van der Waals surface area contributed by atoms with Crippen LogP contribution >= 0.6 is 0 Å². The molecule has 0 aromatic carbocycles. The van der Waals surface area contributed by atoms with Crippen LogP contribution in [0.1, 0.15) is 39.5 Å². The van der Waals surface area contributed by atoms with Gasteiger partial charge in [-0.2, -0.15) is 0 Å². The molecule has 0 N–H and O–H groups in total. The van der Waals surface area contributed by atoms with Gasteiger partial charge in [-0.05, 0) is 12.8 Å². The van der Waals surface area contributed by atoms with Gasteiger partial charge in [0, 0.05) is 20.3 Å². The first-order chi connectivity index (χ1) is 9.24. The Balaban J connectivity index is 2.42. The van der Waals surface area contributed by atoms with Gasteiger partial charge >= 0.3 is 0 Å². The monoisotopic (exact) mass is 274 g/mol. The highest BCUT2D eigenvalue weighted by Gasteiger charge is 2.44. The van der Waals surface area contributed by atoms with Crippen LogP contribution in [0.15, 0.2) is 0 Å². The smallest absolute Gasteiger partial charge is 0.220 e. The number of unbranched alkanes of at least 4 members (excludes halogenated alkanes) is 2. The number of Topliss-reactive ketones (excluding diaryl/α,β-unsaturated/α-hetero) is 1. The predicted molar refractivity (Wildman–Crippen MR) is 71.1 cm³/mol. The molecule has 1 aliphatic rings. The number of methoxy groups -OCH3 is 1. The van der Waals surface area contributed by atoms with Gasteiger partial charge in [-0.1, -0.05) is 26.7 Å². The molecular formula is C14H26O5. The number of carbonyl (C=O) groups is 1. The van der Waals surface area contributed by atoms with E-state index in [0.717, 1.165) is 25.7 Å². The van der Waals surface area contributed by atoms with Gasteiger partial charge < -0.3 is 18.9 Å². The van der Waals surface area contributed by atoms with Crippen LogP contribution < -0.4 is 0 Å². The van der Waals surface area contributed by atoms with Crippen molar-refractivity contribution >= 4 is 5.78 Å². The first-order valence-corrected chi connectivity index (χ1v) is 7.15. The summed E-state index contributed by atoms with van der Waals surface area (Å²) >= 11 is 0. The van der Waals surface area contributed by atoms with Crippen molar-refractivity contribution < 1.29 is 23.7 Å². The quantitative estimate of drug-likeness (QED) is 0.570. The molecule has 112 valence electrons. The van der Waals surface area contributed by atoms with Crippen molar-refractivity contribution in [1.29, 1.82) is 0 Å². The molecule has 19 heavy (non-hydrogen) atoms. The van der Waals surface area contributed by atoms with Crippen LogP contribution in [0.25, 0.3) is 0 Å². The van der Waals surface area contributed by atoms with Crippen molar-refractivity contribution in [3.63, 3.8) is 0 Å². The molecule has 1 rings (SSSR count). The van der Waals surface area contributed by atoms with Crippen molar-refractivity contribution in [2.45, 2.75) is 58.0 Å². The lowest BCUT2D eigenvalue weighted by molar-refractivity contribution is -0.154. The van der Waals surface area contributed by atoms with E-state index < -0.39 is 12.4 Å². The average molecular weight is 274 g/mol. The summed E-state index contributed by atoms with van der Waals surface area (Å²) in [4.78, 5) is 12.0. The maximum atomic E-state index is 12.0. The van der Waals surface area contributed by atoms with Crippen LogP contribution in [0, 0.1) is 0 Å². The summed E-state index contributed by atoms with van der Waals surface area (Å²) in [5, 5.41) is 0. The molecule has 0 aromatic heterocycles. The Hall–Kier alpha value is -0.490. The van der Waals surface area contributed by atoms with Crippen molar-refractivity contribution in [2.75, 3.05) is 26.9 Å². The highest BCUT2D eigenvalue weighted by molar-refractivity contribution is 5.88. The van der Waals surface area contributed by atoms with E-state index in [9.17, 15) is 4.79 Å². The van der Waals surface area contributed by atoms with Gasteiger partial charge in [0.25, 0.3) is 0 Å². The molecule has 5 heteroatoms. The first-order valence-electron chi connectivity index (χ1n) is 7.15. The predicted octanol–water partition coefficient (Wildman–Crippen LogP) is 1.93. The van der Waals surface area contributed by atoms with Crippen molar-refractivity contribution in [3.05, 3.63) is 0 Å². The van der Waals surface area contributed by atoms with E-state index in [-0.39, 0.29) is 11.9 Å². The van der Waals surface area contributed by atoms with E-state index >= 15 is 0 Å². The molecule has 0 spiro atoms. The SMILES string of the molecule is CCCCOC[C@H]1O[C@@H](OC)C(=O)C1OCCCC. The average Bonchev–Trinajstić information content (AvgIpc) is 2.72. The topological polar surface area (TPSA) is 54.0 Å². The van der Waals surface area contributed by atoms with Gasteiger partial charge in [0.15, 0.2) is 0 Å². The van der Waals surface area contributed by atoms with E-state index in [1.54, 1.807) is 0 Å². The first kappa shape index (κ1) is 16.6. The Bertz CT molecular complexity index is 256.